The van der Waals surface area contributed by atoms with Crippen LogP contribution in [-0.4, -0.2) is 49.1 Å². The molecule has 3 atom stereocenters. The van der Waals surface area contributed by atoms with Crippen LogP contribution in [0.2, 0.25) is 0 Å². The molecule has 4 rings (SSSR count). The Balaban J connectivity index is 1.45. The van der Waals surface area contributed by atoms with Crippen LogP contribution in [0.5, 0.6) is 0 Å². The Morgan fingerprint density at radius 3 is 2.29 bits per heavy atom. The van der Waals surface area contributed by atoms with Gasteiger partial charge < -0.3 is 10.2 Å². The van der Waals surface area contributed by atoms with E-state index in [1.54, 1.807) is 33.5 Å². The SMILES string of the molecule is CC(=O)N1CCc2ccccc2C1CC(=O)Nc1ccc(S(=O)(=O)N2CC(C)CC(C)C2)cc1. The number of piperidine rings is 1. The average Bonchev–Trinajstić information content (AvgIpc) is 2.79. The summed E-state index contributed by atoms with van der Waals surface area (Å²) in [6, 6.07) is 13.9. The molecule has 0 aromatic heterocycles. The minimum atomic E-state index is -3.57. The molecule has 2 aromatic rings. The topological polar surface area (TPSA) is 86.8 Å². The van der Waals surface area contributed by atoms with Crippen molar-refractivity contribution < 1.29 is 18.0 Å². The zero-order chi connectivity index (χ0) is 24.5. The molecular weight excluding hydrogens is 450 g/mol. The van der Waals surface area contributed by atoms with Crippen molar-refractivity contribution >= 4 is 27.5 Å². The van der Waals surface area contributed by atoms with Gasteiger partial charge in [0.05, 0.1) is 17.4 Å². The van der Waals surface area contributed by atoms with Crippen LogP contribution in [0, 0.1) is 11.8 Å². The van der Waals surface area contributed by atoms with Crippen LogP contribution < -0.4 is 5.32 Å². The average molecular weight is 484 g/mol. The first-order valence-electron chi connectivity index (χ1n) is 11.9. The first kappa shape index (κ1) is 24.4. The van der Waals surface area contributed by atoms with E-state index in [1.807, 2.05) is 24.3 Å². The van der Waals surface area contributed by atoms with Crippen LogP contribution in [0.1, 0.15) is 50.8 Å². The summed E-state index contributed by atoms with van der Waals surface area (Å²) >= 11 is 0. The van der Waals surface area contributed by atoms with Crippen LogP contribution in [0.3, 0.4) is 0 Å². The molecule has 1 saturated heterocycles. The first-order valence-corrected chi connectivity index (χ1v) is 13.3. The number of carbonyl (C=O) groups is 2. The molecule has 2 amide bonds. The summed E-state index contributed by atoms with van der Waals surface area (Å²) in [4.78, 5) is 27.1. The van der Waals surface area contributed by atoms with E-state index in [2.05, 4.69) is 19.2 Å². The van der Waals surface area contributed by atoms with E-state index < -0.39 is 10.0 Å². The van der Waals surface area contributed by atoms with Gasteiger partial charge in [-0.25, -0.2) is 8.42 Å². The standard InChI is InChI=1S/C26H33N3O4S/c1-18-14-19(2)17-28(16-18)34(32,33)23-10-8-22(9-11-23)27-26(31)15-25-24-7-5-4-6-21(24)12-13-29(25)20(3)30/h4-11,18-19,25H,12-17H2,1-3H3,(H,27,31). The Bertz CT molecular complexity index is 1150. The molecule has 2 heterocycles. The lowest BCUT2D eigenvalue weighted by Crippen LogP contribution is -2.42. The molecule has 0 spiro atoms. The lowest BCUT2D eigenvalue weighted by atomic mass is 9.90. The van der Waals surface area contributed by atoms with Gasteiger partial charge in [-0.3, -0.25) is 9.59 Å². The number of benzene rings is 2. The van der Waals surface area contributed by atoms with E-state index in [-0.39, 0.29) is 29.2 Å². The second-order valence-corrected chi connectivity index (χ2v) is 11.7. The fourth-order valence-electron chi connectivity index (χ4n) is 5.30. The predicted molar refractivity (Wildman–Crippen MR) is 132 cm³/mol. The highest BCUT2D eigenvalue weighted by atomic mass is 32.2. The van der Waals surface area contributed by atoms with Gasteiger partial charge in [0.25, 0.3) is 0 Å². The smallest absolute Gasteiger partial charge is 0.243 e. The molecular formula is C26H33N3O4S. The van der Waals surface area contributed by atoms with Gasteiger partial charge in [0.1, 0.15) is 0 Å². The van der Waals surface area contributed by atoms with Crippen LogP contribution in [0.25, 0.3) is 0 Å². The fraction of sp³-hybridized carbons (Fsp3) is 0.462. The number of hydrogen-bond acceptors (Lipinski definition) is 4. The third kappa shape index (κ3) is 5.18. The number of fused-ring (bicyclic) bond motifs is 1. The van der Waals surface area contributed by atoms with Gasteiger partial charge in [0, 0.05) is 32.2 Å². The van der Waals surface area contributed by atoms with Gasteiger partial charge in [-0.1, -0.05) is 38.1 Å². The number of sulfonamides is 1. The number of rotatable bonds is 5. The third-order valence-electron chi connectivity index (χ3n) is 6.81. The Labute approximate surface area is 202 Å². The summed E-state index contributed by atoms with van der Waals surface area (Å²) in [5.41, 5.74) is 2.70. The van der Waals surface area contributed by atoms with Crippen LogP contribution in [0.4, 0.5) is 5.69 Å². The highest BCUT2D eigenvalue weighted by molar-refractivity contribution is 7.89. The van der Waals surface area contributed by atoms with Gasteiger partial charge in [-0.05, 0) is 60.1 Å². The molecule has 0 saturated carbocycles. The molecule has 182 valence electrons. The molecule has 1 fully saturated rings. The maximum absolute atomic E-state index is 13.1. The lowest BCUT2D eigenvalue weighted by molar-refractivity contribution is -0.132. The zero-order valence-electron chi connectivity index (χ0n) is 20.0. The van der Waals surface area contributed by atoms with Crippen molar-refractivity contribution in [3.63, 3.8) is 0 Å². The second kappa shape index (κ2) is 9.88. The van der Waals surface area contributed by atoms with Gasteiger partial charge in [-0.15, -0.1) is 0 Å². The minimum absolute atomic E-state index is 0.0526. The molecule has 2 aliphatic rings. The van der Waals surface area contributed by atoms with Crippen LogP contribution in [-0.2, 0) is 26.0 Å². The largest absolute Gasteiger partial charge is 0.335 e. The molecule has 3 unspecified atom stereocenters. The normalized spacial score (nSPS) is 23.3. The van der Waals surface area contributed by atoms with Gasteiger partial charge in [-0.2, -0.15) is 4.31 Å². The molecule has 0 radical (unpaired) electrons. The molecule has 34 heavy (non-hydrogen) atoms. The summed E-state index contributed by atoms with van der Waals surface area (Å²) in [5.74, 6) is 0.388. The predicted octanol–water partition coefficient (Wildman–Crippen LogP) is 3.83. The Morgan fingerprint density at radius 1 is 1.00 bits per heavy atom. The van der Waals surface area contributed by atoms with E-state index in [4.69, 9.17) is 0 Å². The Kier molecular flexibility index (Phi) is 7.09. The van der Waals surface area contributed by atoms with E-state index in [1.165, 1.54) is 6.92 Å². The van der Waals surface area contributed by atoms with E-state index >= 15 is 0 Å². The molecule has 7 nitrogen and oxygen atoms in total. The van der Waals surface area contributed by atoms with Crippen molar-refractivity contribution in [3.8, 4) is 0 Å². The summed E-state index contributed by atoms with van der Waals surface area (Å²) < 4.78 is 27.8. The summed E-state index contributed by atoms with van der Waals surface area (Å²) in [6.45, 7) is 7.33. The van der Waals surface area contributed by atoms with Crippen LogP contribution >= 0.6 is 0 Å². The lowest BCUT2D eigenvalue weighted by Gasteiger charge is -2.36. The molecule has 0 bridgehead atoms. The molecule has 0 aliphatic carbocycles. The second-order valence-electron chi connectivity index (χ2n) is 9.72. The number of nitrogens with one attached hydrogen (secondary N) is 1. The molecule has 1 N–H and O–H groups in total. The number of carbonyl (C=O) groups excluding carboxylic acids is 2. The van der Waals surface area contributed by atoms with Crippen molar-refractivity contribution in [1.29, 1.82) is 0 Å². The highest BCUT2D eigenvalue weighted by Crippen LogP contribution is 2.33. The Hall–Kier alpha value is -2.71. The first-order chi connectivity index (χ1) is 16.1. The molecule has 2 aromatic carbocycles. The van der Waals surface area contributed by atoms with Crippen molar-refractivity contribution in [2.24, 2.45) is 11.8 Å². The van der Waals surface area contributed by atoms with Crippen molar-refractivity contribution in [2.75, 3.05) is 25.0 Å². The van der Waals surface area contributed by atoms with Crippen molar-refractivity contribution in [2.45, 2.75) is 51.0 Å². The van der Waals surface area contributed by atoms with Crippen molar-refractivity contribution in [3.05, 3.63) is 59.7 Å². The van der Waals surface area contributed by atoms with Crippen molar-refractivity contribution in [1.82, 2.24) is 9.21 Å². The van der Waals surface area contributed by atoms with Gasteiger partial charge in [0.15, 0.2) is 0 Å². The molecule has 8 heteroatoms. The minimum Gasteiger partial charge on any atom is -0.335 e. The van der Waals surface area contributed by atoms with Gasteiger partial charge >= 0.3 is 0 Å². The number of anilines is 1. The summed E-state index contributed by atoms with van der Waals surface area (Å²) in [7, 11) is -3.57. The summed E-state index contributed by atoms with van der Waals surface area (Å²) in [5, 5.41) is 2.87. The highest BCUT2D eigenvalue weighted by Gasteiger charge is 2.32. The van der Waals surface area contributed by atoms with E-state index in [0.717, 1.165) is 24.0 Å². The quantitative estimate of drug-likeness (QED) is 0.700. The number of hydrogen-bond donors (Lipinski definition) is 1. The molecule has 2 aliphatic heterocycles. The van der Waals surface area contributed by atoms with E-state index in [0.29, 0.717) is 37.2 Å². The fourth-order valence-corrected chi connectivity index (χ4v) is 6.98. The number of nitrogens with zero attached hydrogens (tertiary/aromatic N) is 2. The maximum Gasteiger partial charge on any atom is 0.243 e. The zero-order valence-corrected chi connectivity index (χ0v) is 20.8. The number of amides is 2. The maximum atomic E-state index is 13.1. The van der Waals surface area contributed by atoms with Crippen LogP contribution in [0.15, 0.2) is 53.4 Å². The van der Waals surface area contributed by atoms with Gasteiger partial charge in [0.2, 0.25) is 21.8 Å². The monoisotopic (exact) mass is 483 g/mol. The third-order valence-corrected chi connectivity index (χ3v) is 8.65. The Morgan fingerprint density at radius 2 is 1.65 bits per heavy atom. The van der Waals surface area contributed by atoms with E-state index in [9.17, 15) is 18.0 Å². The summed E-state index contributed by atoms with van der Waals surface area (Å²) in [6.07, 6.45) is 1.95.